The van der Waals surface area contributed by atoms with Gasteiger partial charge in [-0.3, -0.25) is 19.3 Å². The van der Waals surface area contributed by atoms with E-state index in [9.17, 15) is 14.4 Å². The Morgan fingerprint density at radius 2 is 1.83 bits per heavy atom. The van der Waals surface area contributed by atoms with E-state index < -0.39 is 17.4 Å². The highest BCUT2D eigenvalue weighted by Gasteiger charge is 2.74. The largest absolute Gasteiger partial charge is 0.324 e. The normalized spacial score (nSPS) is 32.0. The number of aryl methyl sites for hydroxylation is 1. The summed E-state index contributed by atoms with van der Waals surface area (Å²) in [6, 6.07) is 15.0. The lowest BCUT2D eigenvalue weighted by atomic mass is 9.75. The molecule has 152 valence electrons. The fourth-order valence-corrected chi connectivity index (χ4v) is 6.42. The maximum Gasteiger partial charge on any atom is 0.250 e. The first-order chi connectivity index (χ1) is 14.6. The maximum absolute atomic E-state index is 13.8. The number of benzene rings is 2. The second-order valence-corrected chi connectivity index (χ2v) is 8.67. The van der Waals surface area contributed by atoms with Gasteiger partial charge in [-0.25, -0.2) is 4.90 Å². The van der Waals surface area contributed by atoms with Crippen LogP contribution in [0.25, 0.3) is 0 Å². The van der Waals surface area contributed by atoms with Crippen LogP contribution in [0.5, 0.6) is 0 Å². The number of amides is 3. The number of nitrogens with zero attached hydrogens (tertiary/aromatic N) is 2. The van der Waals surface area contributed by atoms with Crippen LogP contribution in [0.15, 0.2) is 48.5 Å². The second-order valence-electron chi connectivity index (χ2n) is 8.67. The summed E-state index contributed by atoms with van der Waals surface area (Å²) in [4.78, 5) is 44.5. The first-order valence-electron chi connectivity index (χ1n) is 10.7. The van der Waals surface area contributed by atoms with Crippen LogP contribution in [0.2, 0.25) is 0 Å². The van der Waals surface area contributed by atoms with Crippen LogP contribution in [0.3, 0.4) is 0 Å². The number of fused-ring (bicyclic) bond motifs is 7. The van der Waals surface area contributed by atoms with E-state index in [1.54, 1.807) is 12.1 Å². The summed E-state index contributed by atoms with van der Waals surface area (Å²) in [5.41, 5.74) is 2.25. The number of nitrogens with one attached hydrogen (secondary N) is 1. The number of hydrogen-bond acceptors (Lipinski definition) is 4. The highest BCUT2D eigenvalue weighted by atomic mass is 16.2. The average Bonchev–Trinajstić information content (AvgIpc) is 3.46. The van der Waals surface area contributed by atoms with Crippen molar-refractivity contribution in [1.82, 2.24) is 4.90 Å². The van der Waals surface area contributed by atoms with Crippen molar-refractivity contribution in [2.45, 2.75) is 37.8 Å². The van der Waals surface area contributed by atoms with Gasteiger partial charge < -0.3 is 5.32 Å². The lowest BCUT2D eigenvalue weighted by Gasteiger charge is -2.36. The minimum absolute atomic E-state index is 0.0813. The molecule has 0 radical (unpaired) electrons. The van der Waals surface area contributed by atoms with E-state index in [-0.39, 0.29) is 23.8 Å². The third-order valence-corrected chi connectivity index (χ3v) is 7.51. The molecule has 2 aromatic carbocycles. The molecule has 1 N–H and O–H groups in total. The van der Waals surface area contributed by atoms with Crippen molar-refractivity contribution in [2.75, 3.05) is 16.8 Å². The zero-order valence-corrected chi connectivity index (χ0v) is 16.8. The Hall–Kier alpha value is -2.99. The molecule has 0 saturated carbocycles. The van der Waals surface area contributed by atoms with Gasteiger partial charge in [0, 0.05) is 17.3 Å². The molecule has 4 aliphatic rings. The van der Waals surface area contributed by atoms with E-state index in [4.69, 9.17) is 0 Å². The Kier molecular flexibility index (Phi) is 3.58. The smallest absolute Gasteiger partial charge is 0.250 e. The molecule has 4 atom stereocenters. The first kappa shape index (κ1) is 17.8. The number of carbonyl (C=O) groups excluding carboxylic acids is 3. The van der Waals surface area contributed by atoms with Crippen molar-refractivity contribution in [3.63, 3.8) is 0 Å². The van der Waals surface area contributed by atoms with Crippen LogP contribution in [-0.2, 0) is 26.3 Å². The summed E-state index contributed by atoms with van der Waals surface area (Å²) in [6.45, 7) is 2.79. The van der Waals surface area contributed by atoms with Crippen molar-refractivity contribution in [3.8, 4) is 0 Å². The molecule has 30 heavy (non-hydrogen) atoms. The van der Waals surface area contributed by atoms with Crippen LogP contribution < -0.4 is 10.2 Å². The summed E-state index contributed by atoms with van der Waals surface area (Å²) in [6.07, 6.45) is 2.55. The lowest BCUT2D eigenvalue weighted by Crippen LogP contribution is -2.54. The predicted molar refractivity (Wildman–Crippen MR) is 112 cm³/mol. The van der Waals surface area contributed by atoms with Crippen molar-refractivity contribution in [2.24, 2.45) is 11.8 Å². The minimum atomic E-state index is -1.09. The molecule has 3 fully saturated rings. The van der Waals surface area contributed by atoms with Crippen LogP contribution in [0.4, 0.5) is 11.4 Å². The van der Waals surface area contributed by atoms with Gasteiger partial charge in [-0.1, -0.05) is 43.3 Å². The minimum Gasteiger partial charge on any atom is -0.324 e. The second kappa shape index (κ2) is 6.01. The van der Waals surface area contributed by atoms with E-state index in [0.717, 1.165) is 42.6 Å². The number of rotatable bonds is 2. The standard InChI is InChI=1S/C24H23N3O3/c1-2-14-8-6-11-16-20(14)25-23(30)24(16)19-18(17-12-7-13-26(17)24)21(28)27(22(19)29)15-9-4-3-5-10-15/h3-6,8-11,17-19H,2,7,12-13H2,1H3,(H,25,30). The Balaban J connectivity index is 1.58. The molecule has 3 amide bonds. The lowest BCUT2D eigenvalue weighted by molar-refractivity contribution is -0.135. The number of para-hydroxylation sites is 2. The highest BCUT2D eigenvalue weighted by Crippen LogP contribution is 2.61. The zero-order valence-electron chi connectivity index (χ0n) is 16.8. The van der Waals surface area contributed by atoms with Crippen LogP contribution in [0, 0.1) is 11.8 Å². The topological polar surface area (TPSA) is 69.7 Å². The van der Waals surface area contributed by atoms with Crippen LogP contribution >= 0.6 is 0 Å². The molecule has 0 aromatic heterocycles. The molecule has 4 unspecified atom stereocenters. The highest BCUT2D eigenvalue weighted by molar-refractivity contribution is 6.25. The van der Waals surface area contributed by atoms with Gasteiger partial charge in [-0.15, -0.1) is 0 Å². The summed E-state index contributed by atoms with van der Waals surface area (Å²) >= 11 is 0. The number of hydrogen-bond donors (Lipinski definition) is 1. The Bertz CT molecular complexity index is 1100. The van der Waals surface area contributed by atoms with Crippen molar-refractivity contribution in [3.05, 3.63) is 59.7 Å². The van der Waals surface area contributed by atoms with Gasteiger partial charge in [0.1, 0.15) is 5.54 Å². The van der Waals surface area contributed by atoms with Crippen LogP contribution in [0.1, 0.15) is 30.9 Å². The molecule has 4 heterocycles. The fourth-order valence-electron chi connectivity index (χ4n) is 6.42. The Labute approximate surface area is 174 Å². The molecular weight excluding hydrogens is 378 g/mol. The first-order valence-corrected chi connectivity index (χ1v) is 10.7. The van der Waals surface area contributed by atoms with Crippen molar-refractivity contribution in [1.29, 1.82) is 0 Å². The summed E-state index contributed by atoms with van der Waals surface area (Å²) in [5.74, 6) is -1.76. The summed E-state index contributed by atoms with van der Waals surface area (Å²) < 4.78 is 0. The van der Waals surface area contributed by atoms with Crippen molar-refractivity contribution < 1.29 is 14.4 Å². The Morgan fingerprint density at radius 1 is 1.03 bits per heavy atom. The Morgan fingerprint density at radius 3 is 2.60 bits per heavy atom. The van der Waals surface area contributed by atoms with Gasteiger partial charge in [0.15, 0.2) is 0 Å². The molecule has 0 bridgehead atoms. The molecule has 4 aliphatic heterocycles. The summed E-state index contributed by atoms with van der Waals surface area (Å²) in [5, 5.41) is 3.10. The van der Waals surface area contributed by atoms with Gasteiger partial charge in [-0.05, 0) is 43.5 Å². The molecular formula is C24H23N3O3. The number of carbonyl (C=O) groups is 3. The monoisotopic (exact) mass is 401 g/mol. The molecule has 0 aliphatic carbocycles. The van der Waals surface area contributed by atoms with Gasteiger partial charge in [0.05, 0.1) is 17.5 Å². The third-order valence-electron chi connectivity index (χ3n) is 7.51. The number of imide groups is 1. The predicted octanol–water partition coefficient (Wildman–Crippen LogP) is 2.68. The molecule has 6 rings (SSSR count). The molecule has 6 heteroatoms. The van der Waals surface area contributed by atoms with Crippen LogP contribution in [-0.4, -0.2) is 35.2 Å². The van der Waals surface area contributed by atoms with Gasteiger partial charge in [-0.2, -0.15) is 0 Å². The van der Waals surface area contributed by atoms with Crippen molar-refractivity contribution >= 4 is 29.1 Å². The van der Waals surface area contributed by atoms with E-state index in [1.807, 2.05) is 36.4 Å². The molecule has 2 aromatic rings. The molecule has 6 nitrogen and oxygen atoms in total. The third kappa shape index (κ3) is 1.90. The maximum atomic E-state index is 13.8. The van der Waals surface area contributed by atoms with E-state index >= 15 is 0 Å². The van der Waals surface area contributed by atoms with Gasteiger partial charge >= 0.3 is 0 Å². The fraction of sp³-hybridized carbons (Fsp3) is 0.375. The average molecular weight is 401 g/mol. The van der Waals surface area contributed by atoms with E-state index in [1.165, 1.54) is 4.90 Å². The van der Waals surface area contributed by atoms with Gasteiger partial charge in [0.2, 0.25) is 17.7 Å². The zero-order chi connectivity index (χ0) is 20.6. The van der Waals surface area contributed by atoms with E-state index in [2.05, 4.69) is 17.1 Å². The number of anilines is 2. The quantitative estimate of drug-likeness (QED) is 0.786. The summed E-state index contributed by atoms with van der Waals surface area (Å²) in [7, 11) is 0. The van der Waals surface area contributed by atoms with Gasteiger partial charge in [0.25, 0.3) is 0 Å². The van der Waals surface area contributed by atoms with E-state index in [0.29, 0.717) is 5.69 Å². The molecule has 3 saturated heterocycles. The SMILES string of the molecule is CCc1cccc2c1NC(=O)C21C2C(=O)N(c3ccccc3)C(=O)C2C2CCCN21. The molecule has 1 spiro atoms.